The minimum absolute atomic E-state index is 0.0735. The molecule has 0 rings (SSSR count). The lowest BCUT2D eigenvalue weighted by Crippen LogP contribution is -2.40. The van der Waals surface area contributed by atoms with Gasteiger partial charge in [-0.3, -0.25) is 5.41 Å². The number of nitrogens with two attached hydrogens (primary N) is 1. The molecule has 0 atom stereocenters. The Kier molecular flexibility index (Phi) is 8.27. The molecular weight excluding hydrogens is 182 g/mol. The summed E-state index contributed by atoms with van der Waals surface area (Å²) in [6, 6.07) is 0. The Labute approximate surface area is 85.7 Å². The van der Waals surface area contributed by atoms with Crippen LogP contribution in [-0.4, -0.2) is 50.4 Å². The van der Waals surface area contributed by atoms with E-state index in [1.54, 1.807) is 4.90 Å². The van der Waals surface area contributed by atoms with E-state index in [1.807, 2.05) is 13.8 Å². The van der Waals surface area contributed by atoms with Gasteiger partial charge in [-0.05, 0) is 13.8 Å². The number of nitrogens with zero attached hydrogens (tertiary/aromatic N) is 1. The maximum atomic E-state index is 7.32. The second-order valence-electron chi connectivity index (χ2n) is 2.77. The normalized spacial score (nSPS) is 10.1. The van der Waals surface area contributed by atoms with Crippen molar-refractivity contribution in [2.75, 3.05) is 39.5 Å². The van der Waals surface area contributed by atoms with E-state index in [4.69, 9.17) is 20.6 Å². The first-order valence-corrected chi connectivity index (χ1v) is 4.96. The predicted octanol–water partition coefficient (Wildman–Crippen LogP) is 0.255. The summed E-state index contributed by atoms with van der Waals surface area (Å²) in [6.45, 7) is 7.77. The van der Waals surface area contributed by atoms with Gasteiger partial charge in [-0.25, -0.2) is 0 Å². The van der Waals surface area contributed by atoms with Crippen LogP contribution in [0.15, 0.2) is 0 Å². The number of hydrogen-bond acceptors (Lipinski definition) is 3. The van der Waals surface area contributed by atoms with Crippen LogP contribution in [0.2, 0.25) is 0 Å². The minimum atomic E-state index is 0.0735. The zero-order valence-electron chi connectivity index (χ0n) is 9.08. The quantitative estimate of drug-likeness (QED) is 0.337. The fourth-order valence-corrected chi connectivity index (χ4v) is 0.991. The predicted molar refractivity (Wildman–Crippen MR) is 56.5 cm³/mol. The van der Waals surface area contributed by atoms with Crippen molar-refractivity contribution in [2.45, 2.75) is 13.8 Å². The van der Waals surface area contributed by atoms with Crippen molar-refractivity contribution in [3.8, 4) is 0 Å². The molecule has 3 N–H and O–H groups in total. The number of rotatable bonds is 8. The molecular formula is C9H21N3O2. The molecule has 0 aliphatic rings. The van der Waals surface area contributed by atoms with Crippen molar-refractivity contribution in [2.24, 2.45) is 5.73 Å². The van der Waals surface area contributed by atoms with Crippen molar-refractivity contribution in [1.29, 1.82) is 5.41 Å². The first kappa shape index (κ1) is 13.2. The van der Waals surface area contributed by atoms with Crippen LogP contribution in [0.3, 0.4) is 0 Å². The van der Waals surface area contributed by atoms with Gasteiger partial charge in [-0.15, -0.1) is 0 Å². The van der Waals surface area contributed by atoms with E-state index in [2.05, 4.69) is 0 Å². The third kappa shape index (κ3) is 6.68. The summed E-state index contributed by atoms with van der Waals surface area (Å²) in [4.78, 5) is 1.74. The fraction of sp³-hybridized carbons (Fsp3) is 0.889. The topological polar surface area (TPSA) is 71.6 Å². The molecule has 0 saturated heterocycles. The maximum Gasteiger partial charge on any atom is 0.188 e. The van der Waals surface area contributed by atoms with Crippen molar-refractivity contribution in [3.05, 3.63) is 0 Å². The van der Waals surface area contributed by atoms with Gasteiger partial charge in [0.25, 0.3) is 0 Å². The molecule has 5 heteroatoms. The average molecular weight is 203 g/mol. The molecule has 0 heterocycles. The molecule has 0 bridgehead atoms. The van der Waals surface area contributed by atoms with E-state index in [0.29, 0.717) is 39.5 Å². The Morgan fingerprint density at radius 1 is 1.14 bits per heavy atom. The smallest absolute Gasteiger partial charge is 0.188 e. The standard InChI is InChI=1S/C9H21N3O2/c1-3-13-7-5-12(9(10)11)6-8-14-4-2/h3-8H2,1-2H3,(H3,10,11). The average Bonchev–Trinajstić information content (AvgIpc) is 2.15. The van der Waals surface area contributed by atoms with Gasteiger partial charge in [0.2, 0.25) is 0 Å². The van der Waals surface area contributed by atoms with Gasteiger partial charge in [0.05, 0.1) is 13.2 Å². The van der Waals surface area contributed by atoms with Crippen LogP contribution < -0.4 is 5.73 Å². The van der Waals surface area contributed by atoms with E-state index in [0.717, 1.165) is 0 Å². The lowest BCUT2D eigenvalue weighted by atomic mass is 10.5. The Morgan fingerprint density at radius 3 is 1.86 bits per heavy atom. The first-order chi connectivity index (χ1) is 6.72. The first-order valence-electron chi connectivity index (χ1n) is 4.96. The molecule has 0 aromatic heterocycles. The van der Waals surface area contributed by atoms with Crippen LogP contribution in [0.5, 0.6) is 0 Å². The molecule has 0 unspecified atom stereocenters. The largest absolute Gasteiger partial charge is 0.380 e. The van der Waals surface area contributed by atoms with Gasteiger partial charge in [-0.1, -0.05) is 0 Å². The van der Waals surface area contributed by atoms with Gasteiger partial charge in [0.1, 0.15) is 0 Å². The van der Waals surface area contributed by atoms with E-state index in [1.165, 1.54) is 0 Å². The highest BCUT2D eigenvalue weighted by Crippen LogP contribution is 1.88. The van der Waals surface area contributed by atoms with Crippen LogP contribution in [0.1, 0.15) is 13.8 Å². The summed E-state index contributed by atoms with van der Waals surface area (Å²) in [7, 11) is 0. The summed E-state index contributed by atoms with van der Waals surface area (Å²) >= 11 is 0. The molecule has 0 aromatic rings. The van der Waals surface area contributed by atoms with Gasteiger partial charge in [0.15, 0.2) is 5.96 Å². The number of ether oxygens (including phenoxy) is 2. The third-order valence-electron chi connectivity index (χ3n) is 1.76. The van der Waals surface area contributed by atoms with Gasteiger partial charge in [-0.2, -0.15) is 0 Å². The lowest BCUT2D eigenvalue weighted by molar-refractivity contribution is 0.106. The van der Waals surface area contributed by atoms with Crippen molar-refractivity contribution >= 4 is 5.96 Å². The van der Waals surface area contributed by atoms with Gasteiger partial charge in [0, 0.05) is 26.3 Å². The molecule has 0 aliphatic heterocycles. The monoisotopic (exact) mass is 203 g/mol. The number of hydrogen-bond donors (Lipinski definition) is 2. The fourth-order valence-electron chi connectivity index (χ4n) is 0.991. The SMILES string of the molecule is CCOCCN(CCOCC)C(=N)N. The van der Waals surface area contributed by atoms with Crippen molar-refractivity contribution < 1.29 is 9.47 Å². The Balaban J connectivity index is 3.61. The van der Waals surface area contributed by atoms with Crippen molar-refractivity contribution in [3.63, 3.8) is 0 Å². The molecule has 0 radical (unpaired) electrons. The molecule has 14 heavy (non-hydrogen) atoms. The highest BCUT2D eigenvalue weighted by atomic mass is 16.5. The zero-order chi connectivity index (χ0) is 10.8. The Morgan fingerprint density at radius 2 is 1.57 bits per heavy atom. The summed E-state index contributed by atoms with van der Waals surface area (Å²) in [5.41, 5.74) is 5.40. The zero-order valence-corrected chi connectivity index (χ0v) is 9.08. The van der Waals surface area contributed by atoms with Gasteiger partial charge < -0.3 is 20.1 Å². The van der Waals surface area contributed by atoms with E-state index in [-0.39, 0.29) is 5.96 Å². The van der Waals surface area contributed by atoms with Crippen LogP contribution in [0.25, 0.3) is 0 Å². The highest BCUT2D eigenvalue weighted by Gasteiger charge is 2.05. The summed E-state index contributed by atoms with van der Waals surface area (Å²) < 4.78 is 10.4. The highest BCUT2D eigenvalue weighted by molar-refractivity contribution is 5.74. The van der Waals surface area contributed by atoms with Crippen LogP contribution in [-0.2, 0) is 9.47 Å². The minimum Gasteiger partial charge on any atom is -0.380 e. The van der Waals surface area contributed by atoms with Crippen molar-refractivity contribution in [1.82, 2.24) is 4.90 Å². The molecule has 0 fully saturated rings. The van der Waals surface area contributed by atoms with Crippen LogP contribution in [0.4, 0.5) is 0 Å². The van der Waals surface area contributed by atoms with E-state index >= 15 is 0 Å². The van der Waals surface area contributed by atoms with Crippen LogP contribution in [0, 0.1) is 5.41 Å². The molecule has 0 aliphatic carbocycles. The summed E-state index contributed by atoms with van der Waals surface area (Å²) in [5, 5.41) is 7.32. The second kappa shape index (κ2) is 8.77. The molecule has 5 nitrogen and oxygen atoms in total. The molecule has 0 amide bonds. The molecule has 0 aromatic carbocycles. The van der Waals surface area contributed by atoms with Gasteiger partial charge >= 0.3 is 0 Å². The molecule has 0 spiro atoms. The Bertz CT molecular complexity index is 143. The van der Waals surface area contributed by atoms with E-state index < -0.39 is 0 Å². The summed E-state index contributed by atoms with van der Waals surface area (Å²) in [6.07, 6.45) is 0. The second-order valence-corrected chi connectivity index (χ2v) is 2.77. The summed E-state index contributed by atoms with van der Waals surface area (Å²) in [5.74, 6) is 0.0735. The third-order valence-corrected chi connectivity index (χ3v) is 1.76. The number of guanidine groups is 1. The molecule has 0 saturated carbocycles. The lowest BCUT2D eigenvalue weighted by Gasteiger charge is -2.22. The number of nitrogens with one attached hydrogen (secondary N) is 1. The van der Waals surface area contributed by atoms with E-state index in [9.17, 15) is 0 Å². The maximum absolute atomic E-state index is 7.32. The Hall–Kier alpha value is -0.810. The van der Waals surface area contributed by atoms with Crippen LogP contribution >= 0.6 is 0 Å². The molecule has 84 valence electrons.